The molecule has 3 heterocycles. The first-order valence-electron chi connectivity index (χ1n) is 10.1. The lowest BCUT2D eigenvalue weighted by atomic mass is 9.87. The van der Waals surface area contributed by atoms with Crippen molar-refractivity contribution in [1.29, 1.82) is 0 Å². The van der Waals surface area contributed by atoms with Gasteiger partial charge in [-0.3, -0.25) is 9.59 Å². The van der Waals surface area contributed by atoms with E-state index < -0.39 is 0 Å². The Balaban J connectivity index is 1.28. The number of halogens is 1. The SMILES string of the molecule is NC1CCN(C(=O)c2ccccc2)C1C1CN(C(=O)c2cc3cc(Br)ccc3o2)C1. The van der Waals surface area contributed by atoms with Crippen molar-refractivity contribution in [3.05, 3.63) is 70.4 Å². The number of fused-ring (bicyclic) bond motifs is 1. The summed E-state index contributed by atoms with van der Waals surface area (Å²) >= 11 is 3.44. The maximum atomic E-state index is 13.0. The summed E-state index contributed by atoms with van der Waals surface area (Å²) in [5, 5.41) is 0.891. The lowest BCUT2D eigenvalue weighted by Crippen LogP contribution is -2.61. The van der Waals surface area contributed by atoms with Gasteiger partial charge in [0.05, 0.1) is 6.04 Å². The van der Waals surface area contributed by atoms with E-state index in [2.05, 4.69) is 15.9 Å². The monoisotopic (exact) mass is 467 g/mol. The number of furan rings is 1. The van der Waals surface area contributed by atoms with Gasteiger partial charge in [-0.1, -0.05) is 34.1 Å². The molecule has 2 amide bonds. The third kappa shape index (κ3) is 3.32. The third-order valence-corrected chi connectivity index (χ3v) is 6.65. The van der Waals surface area contributed by atoms with Gasteiger partial charge in [-0.2, -0.15) is 0 Å². The number of benzene rings is 2. The fourth-order valence-electron chi connectivity index (χ4n) is 4.60. The number of rotatable bonds is 3. The van der Waals surface area contributed by atoms with Crippen LogP contribution in [0.5, 0.6) is 0 Å². The van der Waals surface area contributed by atoms with Crippen LogP contribution in [0.4, 0.5) is 0 Å². The minimum Gasteiger partial charge on any atom is -0.451 e. The zero-order valence-electron chi connectivity index (χ0n) is 16.3. The Kier molecular flexibility index (Phi) is 4.87. The summed E-state index contributed by atoms with van der Waals surface area (Å²) < 4.78 is 6.68. The van der Waals surface area contributed by atoms with E-state index in [0.29, 0.717) is 36.5 Å². The van der Waals surface area contributed by atoms with Gasteiger partial charge >= 0.3 is 0 Å². The van der Waals surface area contributed by atoms with Crippen LogP contribution in [0.3, 0.4) is 0 Å². The molecule has 2 aliphatic rings. The molecular formula is C23H22BrN3O3. The van der Waals surface area contributed by atoms with Crippen LogP contribution in [0.2, 0.25) is 0 Å². The molecule has 0 saturated carbocycles. The number of nitrogens with zero attached hydrogens (tertiary/aromatic N) is 2. The van der Waals surface area contributed by atoms with Crippen molar-refractivity contribution in [3.8, 4) is 0 Å². The lowest BCUT2D eigenvalue weighted by molar-refractivity contribution is 0.0225. The molecule has 2 saturated heterocycles. The van der Waals surface area contributed by atoms with Crippen LogP contribution in [-0.4, -0.2) is 53.3 Å². The van der Waals surface area contributed by atoms with Crippen LogP contribution < -0.4 is 5.73 Å². The molecule has 0 aliphatic carbocycles. The Hall–Kier alpha value is -2.64. The number of nitrogens with two attached hydrogens (primary N) is 1. The summed E-state index contributed by atoms with van der Waals surface area (Å²) in [4.78, 5) is 29.5. The average molecular weight is 468 g/mol. The second-order valence-corrected chi connectivity index (χ2v) is 8.99. The average Bonchev–Trinajstić information content (AvgIpc) is 3.30. The molecule has 0 bridgehead atoms. The Labute approximate surface area is 182 Å². The molecule has 6 nitrogen and oxygen atoms in total. The summed E-state index contributed by atoms with van der Waals surface area (Å²) in [6, 6.07) is 16.6. The summed E-state index contributed by atoms with van der Waals surface area (Å²) in [5.74, 6) is 0.416. The minimum atomic E-state index is -0.119. The molecule has 3 aromatic rings. The highest BCUT2D eigenvalue weighted by atomic mass is 79.9. The molecule has 0 spiro atoms. The maximum absolute atomic E-state index is 13.0. The summed E-state index contributed by atoms with van der Waals surface area (Å²) in [5.41, 5.74) is 7.74. The van der Waals surface area contributed by atoms with Crippen molar-refractivity contribution in [2.45, 2.75) is 18.5 Å². The largest absolute Gasteiger partial charge is 0.451 e. The topological polar surface area (TPSA) is 79.8 Å². The van der Waals surface area contributed by atoms with E-state index in [-0.39, 0.29) is 29.8 Å². The van der Waals surface area contributed by atoms with Gasteiger partial charge in [0, 0.05) is 47.0 Å². The summed E-state index contributed by atoms with van der Waals surface area (Å²) in [6.07, 6.45) is 0.784. The van der Waals surface area contributed by atoms with Crippen molar-refractivity contribution in [2.24, 2.45) is 11.7 Å². The van der Waals surface area contributed by atoms with E-state index >= 15 is 0 Å². The van der Waals surface area contributed by atoms with Crippen molar-refractivity contribution < 1.29 is 14.0 Å². The Bertz CT molecular complexity index is 1110. The maximum Gasteiger partial charge on any atom is 0.289 e. The van der Waals surface area contributed by atoms with Gasteiger partial charge in [0.2, 0.25) is 0 Å². The molecule has 0 radical (unpaired) electrons. The predicted molar refractivity (Wildman–Crippen MR) is 117 cm³/mol. The second kappa shape index (κ2) is 7.56. The van der Waals surface area contributed by atoms with Crippen LogP contribution >= 0.6 is 15.9 Å². The molecule has 30 heavy (non-hydrogen) atoms. The van der Waals surface area contributed by atoms with Gasteiger partial charge in [0.25, 0.3) is 11.8 Å². The quantitative estimate of drug-likeness (QED) is 0.638. The Morgan fingerprint density at radius 1 is 1.03 bits per heavy atom. The van der Waals surface area contributed by atoms with Crippen molar-refractivity contribution >= 4 is 38.7 Å². The van der Waals surface area contributed by atoms with Crippen LogP contribution in [0.1, 0.15) is 27.3 Å². The molecular weight excluding hydrogens is 446 g/mol. The fraction of sp³-hybridized carbons (Fsp3) is 0.304. The fourth-order valence-corrected chi connectivity index (χ4v) is 4.98. The van der Waals surface area contributed by atoms with E-state index in [0.717, 1.165) is 16.3 Å². The molecule has 5 rings (SSSR count). The molecule has 2 N–H and O–H groups in total. The van der Waals surface area contributed by atoms with Crippen LogP contribution in [-0.2, 0) is 0 Å². The highest BCUT2D eigenvalue weighted by molar-refractivity contribution is 9.10. The van der Waals surface area contributed by atoms with E-state index in [1.54, 1.807) is 11.0 Å². The van der Waals surface area contributed by atoms with Gasteiger partial charge in [-0.05, 0) is 42.8 Å². The molecule has 2 atom stereocenters. The van der Waals surface area contributed by atoms with Crippen molar-refractivity contribution in [3.63, 3.8) is 0 Å². The standard InChI is InChI=1S/C23H22BrN3O3/c24-17-6-7-19-15(10-17)11-20(30-19)23(29)26-12-16(13-26)21-18(25)8-9-27(21)22(28)14-4-2-1-3-5-14/h1-7,10-11,16,18,21H,8-9,12-13,25H2. The zero-order valence-corrected chi connectivity index (χ0v) is 17.9. The molecule has 2 fully saturated rings. The van der Waals surface area contributed by atoms with E-state index in [1.165, 1.54) is 0 Å². The molecule has 154 valence electrons. The number of hydrogen-bond donors (Lipinski definition) is 1. The normalized spacial score (nSPS) is 21.8. The first-order valence-corrected chi connectivity index (χ1v) is 10.9. The first kappa shape index (κ1) is 19.3. The van der Waals surface area contributed by atoms with Crippen molar-refractivity contribution in [2.75, 3.05) is 19.6 Å². The molecule has 2 unspecified atom stereocenters. The zero-order chi connectivity index (χ0) is 20.8. The van der Waals surface area contributed by atoms with Gasteiger partial charge in [0.1, 0.15) is 5.58 Å². The van der Waals surface area contributed by atoms with E-state index in [4.69, 9.17) is 10.2 Å². The second-order valence-electron chi connectivity index (χ2n) is 8.07. The van der Waals surface area contributed by atoms with Gasteiger partial charge in [-0.15, -0.1) is 0 Å². The molecule has 2 aliphatic heterocycles. The van der Waals surface area contributed by atoms with Crippen LogP contribution in [0, 0.1) is 5.92 Å². The Morgan fingerprint density at radius 2 is 1.80 bits per heavy atom. The Morgan fingerprint density at radius 3 is 2.57 bits per heavy atom. The number of amides is 2. The molecule has 1 aromatic heterocycles. The van der Waals surface area contributed by atoms with Gasteiger partial charge in [0.15, 0.2) is 5.76 Å². The van der Waals surface area contributed by atoms with Crippen LogP contribution in [0.15, 0.2) is 63.5 Å². The summed E-state index contributed by atoms with van der Waals surface area (Å²) in [7, 11) is 0. The van der Waals surface area contributed by atoms with Crippen LogP contribution in [0.25, 0.3) is 11.0 Å². The number of hydrogen-bond acceptors (Lipinski definition) is 4. The molecule has 7 heteroatoms. The highest BCUT2D eigenvalue weighted by Gasteiger charge is 2.46. The van der Waals surface area contributed by atoms with Gasteiger partial charge in [-0.25, -0.2) is 0 Å². The smallest absolute Gasteiger partial charge is 0.289 e. The van der Waals surface area contributed by atoms with E-state index in [9.17, 15) is 9.59 Å². The van der Waals surface area contributed by atoms with Gasteiger partial charge < -0.3 is 20.0 Å². The van der Waals surface area contributed by atoms with Crippen molar-refractivity contribution in [1.82, 2.24) is 9.80 Å². The predicted octanol–water partition coefficient (Wildman–Crippen LogP) is 3.51. The number of likely N-dealkylation sites (tertiary alicyclic amines) is 2. The molecule has 2 aromatic carbocycles. The van der Waals surface area contributed by atoms with E-state index in [1.807, 2.05) is 53.4 Å². The highest BCUT2D eigenvalue weighted by Crippen LogP contribution is 2.33. The summed E-state index contributed by atoms with van der Waals surface area (Å²) in [6.45, 7) is 1.81. The number of carbonyl (C=O) groups is 2. The lowest BCUT2D eigenvalue weighted by Gasteiger charge is -2.45. The third-order valence-electron chi connectivity index (χ3n) is 6.15. The minimum absolute atomic E-state index is 0.0150. The number of carbonyl (C=O) groups excluding carboxylic acids is 2. The first-order chi connectivity index (χ1) is 14.5.